The van der Waals surface area contributed by atoms with Gasteiger partial charge in [-0.25, -0.2) is 0 Å². The third-order valence-corrected chi connectivity index (χ3v) is 4.29. The minimum absolute atomic E-state index is 0.0438. The van der Waals surface area contributed by atoms with E-state index in [0.717, 1.165) is 17.2 Å². The average molecular weight is 298 g/mol. The van der Waals surface area contributed by atoms with Crippen LogP contribution in [0.2, 0.25) is 0 Å². The summed E-state index contributed by atoms with van der Waals surface area (Å²) in [6, 6.07) is 5.62. The first-order valence-electron chi connectivity index (χ1n) is 7.20. The molecule has 0 unspecified atom stereocenters. The summed E-state index contributed by atoms with van der Waals surface area (Å²) in [4.78, 5) is 28.9. The predicted octanol–water partition coefficient (Wildman–Crippen LogP) is 2.82. The van der Waals surface area contributed by atoms with E-state index >= 15 is 0 Å². The molecule has 1 saturated heterocycles. The van der Waals surface area contributed by atoms with Gasteiger partial charge in [-0.15, -0.1) is 6.58 Å². The van der Waals surface area contributed by atoms with Gasteiger partial charge in [-0.05, 0) is 31.0 Å². The highest BCUT2D eigenvalue weighted by Crippen LogP contribution is 2.40. The third kappa shape index (κ3) is 2.01. The van der Waals surface area contributed by atoms with Crippen molar-refractivity contribution in [2.45, 2.75) is 24.8 Å². The number of hydrogen-bond donors (Lipinski definition) is 1. The van der Waals surface area contributed by atoms with Crippen molar-refractivity contribution in [2.24, 2.45) is 0 Å². The molecule has 2 aromatic rings. The molecule has 1 aromatic carbocycles. The van der Waals surface area contributed by atoms with Crippen molar-refractivity contribution in [3.05, 3.63) is 37.1 Å². The van der Waals surface area contributed by atoms with Crippen LogP contribution in [0.15, 0.2) is 37.1 Å². The normalized spacial score (nSPS) is 21.3. The number of aromatic amines is 1. The lowest BCUT2D eigenvalue weighted by atomic mass is 9.93. The lowest BCUT2D eigenvalue weighted by Gasteiger charge is -2.32. The monoisotopic (exact) mass is 298 g/mol. The number of amides is 1. The van der Waals surface area contributed by atoms with E-state index in [2.05, 4.69) is 11.6 Å². The molecule has 0 spiro atoms. The zero-order chi connectivity index (χ0) is 15.7. The van der Waals surface area contributed by atoms with Crippen LogP contribution in [0.25, 0.3) is 10.9 Å². The number of hydrogen-bond acceptors (Lipinski definition) is 3. The van der Waals surface area contributed by atoms with Gasteiger partial charge in [0.1, 0.15) is 17.6 Å². The Morgan fingerprint density at radius 3 is 3.00 bits per heavy atom. The maximum Gasteiger partial charge on any atom is 0.228 e. The molecule has 5 heteroatoms. The second-order valence-electron chi connectivity index (χ2n) is 5.53. The fraction of sp³-hybridized carbons (Fsp3) is 0.294. The first-order valence-corrected chi connectivity index (χ1v) is 7.20. The lowest BCUT2D eigenvalue weighted by Crippen LogP contribution is -2.47. The van der Waals surface area contributed by atoms with Crippen LogP contribution in [-0.2, 0) is 9.59 Å². The summed E-state index contributed by atoms with van der Waals surface area (Å²) < 4.78 is 5.26. The molecule has 5 nitrogen and oxygen atoms in total. The SMILES string of the molecule is C=CC[C@]1(C=O)CCC(=O)N1c1c[nH]c2ccc(OC)cc12. The van der Waals surface area contributed by atoms with Crippen molar-refractivity contribution in [3.63, 3.8) is 0 Å². The number of aromatic nitrogens is 1. The smallest absolute Gasteiger partial charge is 0.228 e. The van der Waals surface area contributed by atoms with Crippen LogP contribution in [0.4, 0.5) is 5.69 Å². The molecular weight excluding hydrogens is 280 g/mol. The summed E-state index contributed by atoms with van der Waals surface area (Å²) in [7, 11) is 1.60. The van der Waals surface area contributed by atoms with Gasteiger partial charge in [-0.2, -0.15) is 0 Å². The van der Waals surface area contributed by atoms with Crippen LogP contribution in [0, 0.1) is 0 Å². The number of fused-ring (bicyclic) bond motifs is 1. The van der Waals surface area contributed by atoms with Gasteiger partial charge in [-0.3, -0.25) is 9.69 Å². The first kappa shape index (κ1) is 14.4. The Kier molecular flexibility index (Phi) is 3.48. The van der Waals surface area contributed by atoms with Gasteiger partial charge in [0.05, 0.1) is 12.8 Å². The zero-order valence-corrected chi connectivity index (χ0v) is 12.5. The third-order valence-electron chi connectivity index (χ3n) is 4.29. The van der Waals surface area contributed by atoms with Crippen LogP contribution in [0.5, 0.6) is 5.75 Å². The maximum absolute atomic E-state index is 12.4. The molecule has 0 saturated carbocycles. The minimum atomic E-state index is -0.836. The Morgan fingerprint density at radius 2 is 2.32 bits per heavy atom. The molecule has 0 bridgehead atoms. The molecule has 22 heavy (non-hydrogen) atoms. The second kappa shape index (κ2) is 5.33. The standard InChI is InChI=1S/C17H18N2O3/c1-3-7-17(11-20)8-6-16(21)19(17)15-10-18-14-5-4-12(22-2)9-13(14)15/h3-5,9-11,18H,1,6-8H2,2H3/t17-/m1/s1. The molecule has 0 radical (unpaired) electrons. The number of rotatable bonds is 5. The molecule has 114 valence electrons. The van der Waals surface area contributed by atoms with E-state index in [1.54, 1.807) is 24.3 Å². The van der Waals surface area contributed by atoms with Gasteiger partial charge in [0.15, 0.2) is 0 Å². The zero-order valence-electron chi connectivity index (χ0n) is 12.5. The predicted molar refractivity (Wildman–Crippen MR) is 85.2 cm³/mol. The van der Waals surface area contributed by atoms with Crippen molar-refractivity contribution in [1.29, 1.82) is 0 Å². The molecule has 2 heterocycles. The van der Waals surface area contributed by atoms with Gasteiger partial charge in [0.2, 0.25) is 5.91 Å². The molecule has 1 amide bonds. The van der Waals surface area contributed by atoms with E-state index in [9.17, 15) is 9.59 Å². The molecule has 1 N–H and O–H groups in total. The highest BCUT2D eigenvalue weighted by atomic mass is 16.5. The summed E-state index contributed by atoms with van der Waals surface area (Å²) in [6.07, 6.45) is 5.66. The highest BCUT2D eigenvalue weighted by molar-refractivity contribution is 6.09. The molecule has 1 fully saturated rings. The fourth-order valence-electron chi connectivity index (χ4n) is 3.17. The summed E-state index contributed by atoms with van der Waals surface area (Å²) in [5.41, 5.74) is 0.774. The van der Waals surface area contributed by atoms with Gasteiger partial charge in [0.25, 0.3) is 0 Å². The highest BCUT2D eigenvalue weighted by Gasteiger charge is 2.46. The molecular formula is C17H18N2O3. The van der Waals surface area contributed by atoms with Crippen molar-refractivity contribution in [3.8, 4) is 5.75 Å². The minimum Gasteiger partial charge on any atom is -0.497 e. The molecule has 1 aromatic heterocycles. The topological polar surface area (TPSA) is 62.4 Å². The summed E-state index contributed by atoms with van der Waals surface area (Å²) in [5.74, 6) is 0.665. The molecule has 3 rings (SSSR count). The van der Waals surface area contributed by atoms with Crippen LogP contribution < -0.4 is 9.64 Å². The van der Waals surface area contributed by atoms with E-state index in [1.807, 2.05) is 18.2 Å². The number of nitrogens with zero attached hydrogens (tertiary/aromatic N) is 1. The number of aldehydes is 1. The van der Waals surface area contributed by atoms with E-state index in [1.165, 1.54) is 0 Å². The lowest BCUT2D eigenvalue weighted by molar-refractivity contribution is -0.119. The first-order chi connectivity index (χ1) is 10.6. The van der Waals surface area contributed by atoms with Crippen molar-refractivity contribution in [1.82, 2.24) is 4.98 Å². The largest absolute Gasteiger partial charge is 0.497 e. The van der Waals surface area contributed by atoms with Gasteiger partial charge in [0, 0.05) is 23.5 Å². The average Bonchev–Trinajstić information content (AvgIpc) is 3.08. The van der Waals surface area contributed by atoms with E-state index in [0.29, 0.717) is 30.7 Å². The van der Waals surface area contributed by atoms with Crippen molar-refractivity contribution < 1.29 is 14.3 Å². The quantitative estimate of drug-likeness (QED) is 0.682. The Morgan fingerprint density at radius 1 is 1.50 bits per heavy atom. The Balaban J connectivity index is 2.17. The number of benzene rings is 1. The van der Waals surface area contributed by atoms with Crippen LogP contribution in [0.3, 0.4) is 0 Å². The Labute approximate surface area is 128 Å². The number of carbonyl (C=O) groups excluding carboxylic acids is 2. The van der Waals surface area contributed by atoms with E-state index in [4.69, 9.17) is 4.74 Å². The van der Waals surface area contributed by atoms with Gasteiger partial charge >= 0.3 is 0 Å². The molecule has 1 aliphatic rings. The number of ether oxygens (including phenoxy) is 1. The van der Waals surface area contributed by atoms with Crippen LogP contribution in [0.1, 0.15) is 19.3 Å². The number of anilines is 1. The number of H-pyrrole nitrogens is 1. The number of methoxy groups -OCH3 is 1. The Bertz CT molecular complexity index is 749. The van der Waals surface area contributed by atoms with E-state index in [-0.39, 0.29) is 5.91 Å². The van der Waals surface area contributed by atoms with E-state index < -0.39 is 5.54 Å². The summed E-state index contributed by atoms with van der Waals surface area (Å²) >= 11 is 0. The summed E-state index contributed by atoms with van der Waals surface area (Å²) in [5, 5.41) is 0.866. The maximum atomic E-state index is 12.4. The molecule has 1 atom stereocenters. The number of carbonyl (C=O) groups is 2. The van der Waals surface area contributed by atoms with Crippen LogP contribution in [-0.4, -0.2) is 29.8 Å². The van der Waals surface area contributed by atoms with Crippen molar-refractivity contribution in [2.75, 3.05) is 12.0 Å². The molecule has 0 aliphatic carbocycles. The Hall–Kier alpha value is -2.56. The second-order valence-corrected chi connectivity index (χ2v) is 5.53. The summed E-state index contributed by atoms with van der Waals surface area (Å²) in [6.45, 7) is 3.72. The van der Waals surface area contributed by atoms with Gasteiger partial charge < -0.3 is 14.5 Å². The fourth-order valence-corrected chi connectivity index (χ4v) is 3.17. The number of nitrogens with one attached hydrogen (secondary N) is 1. The van der Waals surface area contributed by atoms with Crippen molar-refractivity contribution >= 4 is 28.8 Å². The molecule has 1 aliphatic heterocycles. The van der Waals surface area contributed by atoms with Gasteiger partial charge in [-0.1, -0.05) is 6.08 Å². The van der Waals surface area contributed by atoms with Crippen LogP contribution >= 0.6 is 0 Å².